The van der Waals surface area contributed by atoms with E-state index < -0.39 is 41.2 Å². The number of nitrogens with two attached hydrogens (primary N) is 1. The number of ether oxygens (including phenoxy) is 1. The number of esters is 1. The number of aliphatic hydroxyl groups is 1. The number of benzene rings is 1. The van der Waals surface area contributed by atoms with E-state index >= 15 is 0 Å². The summed E-state index contributed by atoms with van der Waals surface area (Å²) in [6.45, 7) is 1.50. The van der Waals surface area contributed by atoms with Crippen LogP contribution < -0.4 is 5.73 Å². The number of alkyl halides is 3. The highest BCUT2D eigenvalue weighted by molar-refractivity contribution is 5.76. The van der Waals surface area contributed by atoms with Gasteiger partial charge in [-0.15, -0.1) is 0 Å². The first-order valence-electron chi connectivity index (χ1n) is 5.64. The minimum Gasteiger partial charge on any atom is -0.465 e. The molecule has 20 heavy (non-hydrogen) atoms. The van der Waals surface area contributed by atoms with Gasteiger partial charge in [0.2, 0.25) is 0 Å². The third kappa shape index (κ3) is 3.91. The van der Waals surface area contributed by atoms with Crippen LogP contribution in [0.5, 0.6) is 0 Å². The predicted molar refractivity (Wildman–Crippen MR) is 61.0 cm³/mol. The van der Waals surface area contributed by atoms with Crippen LogP contribution in [0.15, 0.2) is 18.2 Å². The average molecular weight is 295 g/mol. The zero-order valence-corrected chi connectivity index (χ0v) is 10.4. The van der Waals surface area contributed by atoms with Crippen LogP contribution >= 0.6 is 0 Å². The Labute approximate surface area is 112 Å². The van der Waals surface area contributed by atoms with Crippen molar-refractivity contribution in [2.75, 3.05) is 6.61 Å². The van der Waals surface area contributed by atoms with Gasteiger partial charge in [-0.1, -0.05) is 0 Å². The van der Waals surface area contributed by atoms with E-state index in [4.69, 9.17) is 5.73 Å². The molecule has 0 spiro atoms. The molecule has 4 nitrogen and oxygen atoms in total. The molecule has 0 amide bonds. The predicted octanol–water partition coefficient (Wildman–Crippen LogP) is 1.77. The second-order valence-corrected chi connectivity index (χ2v) is 3.99. The third-order valence-electron chi connectivity index (χ3n) is 2.49. The second-order valence-electron chi connectivity index (χ2n) is 3.99. The molecular formula is C12H13F4NO3. The number of carbonyl (C=O) groups is 1. The highest BCUT2D eigenvalue weighted by Crippen LogP contribution is 2.32. The van der Waals surface area contributed by atoms with Crippen molar-refractivity contribution in [3.05, 3.63) is 35.1 Å². The Kier molecular flexibility index (Phi) is 5.07. The molecule has 0 bridgehead atoms. The first kappa shape index (κ1) is 16.4. The molecule has 0 aliphatic rings. The first-order valence-corrected chi connectivity index (χ1v) is 5.64. The molecule has 3 N–H and O–H groups in total. The molecule has 0 aromatic heterocycles. The van der Waals surface area contributed by atoms with Crippen molar-refractivity contribution in [2.45, 2.75) is 25.2 Å². The Hall–Kier alpha value is -1.67. The summed E-state index contributed by atoms with van der Waals surface area (Å²) in [5.74, 6) is -2.18. The number of aliphatic hydroxyl groups excluding tert-OH is 1. The van der Waals surface area contributed by atoms with Gasteiger partial charge in [-0.2, -0.15) is 13.2 Å². The minimum absolute atomic E-state index is 0.00376. The van der Waals surface area contributed by atoms with E-state index in [1.165, 1.54) is 6.92 Å². The molecule has 8 heteroatoms. The quantitative estimate of drug-likeness (QED) is 0.656. The van der Waals surface area contributed by atoms with E-state index in [1.54, 1.807) is 0 Å². The molecule has 0 saturated heterocycles. The highest BCUT2D eigenvalue weighted by Gasteiger charge is 2.33. The molecule has 0 heterocycles. The van der Waals surface area contributed by atoms with E-state index in [2.05, 4.69) is 4.74 Å². The topological polar surface area (TPSA) is 72.5 Å². The summed E-state index contributed by atoms with van der Waals surface area (Å²) in [5.41, 5.74) is 3.64. The van der Waals surface area contributed by atoms with E-state index in [0.717, 1.165) is 0 Å². The Morgan fingerprint density at radius 3 is 2.50 bits per heavy atom. The smallest absolute Gasteiger partial charge is 0.416 e. The van der Waals surface area contributed by atoms with Gasteiger partial charge in [-0.25, -0.2) is 4.39 Å². The van der Waals surface area contributed by atoms with Gasteiger partial charge in [0.1, 0.15) is 18.0 Å². The van der Waals surface area contributed by atoms with Crippen LogP contribution in [0.3, 0.4) is 0 Å². The van der Waals surface area contributed by atoms with Gasteiger partial charge in [0, 0.05) is 0 Å². The summed E-state index contributed by atoms with van der Waals surface area (Å²) >= 11 is 0. The fraction of sp³-hybridized carbons (Fsp3) is 0.417. The largest absolute Gasteiger partial charge is 0.465 e. The third-order valence-corrected chi connectivity index (χ3v) is 2.49. The van der Waals surface area contributed by atoms with E-state index in [1.807, 2.05) is 0 Å². The molecule has 1 aromatic carbocycles. The van der Waals surface area contributed by atoms with E-state index in [-0.39, 0.29) is 12.7 Å². The lowest BCUT2D eigenvalue weighted by molar-refractivity contribution is -0.147. The zero-order valence-electron chi connectivity index (χ0n) is 10.4. The maximum Gasteiger partial charge on any atom is 0.416 e. The van der Waals surface area contributed by atoms with Gasteiger partial charge in [-0.05, 0) is 30.7 Å². The van der Waals surface area contributed by atoms with Crippen molar-refractivity contribution in [3.8, 4) is 0 Å². The molecule has 1 rings (SSSR count). The van der Waals surface area contributed by atoms with Crippen molar-refractivity contribution in [1.29, 1.82) is 0 Å². The minimum atomic E-state index is -4.77. The highest BCUT2D eigenvalue weighted by atomic mass is 19.4. The Morgan fingerprint density at radius 1 is 1.40 bits per heavy atom. The Balaban J connectivity index is 3.07. The lowest BCUT2D eigenvalue weighted by Crippen LogP contribution is -2.38. The fourth-order valence-electron chi connectivity index (χ4n) is 1.52. The normalized spacial score (nSPS) is 14.8. The first-order chi connectivity index (χ1) is 9.16. The van der Waals surface area contributed by atoms with E-state index in [0.29, 0.717) is 12.1 Å². The molecule has 2 unspecified atom stereocenters. The van der Waals surface area contributed by atoms with Crippen LogP contribution in [-0.2, 0) is 15.7 Å². The van der Waals surface area contributed by atoms with Crippen molar-refractivity contribution < 1.29 is 32.2 Å². The number of hydrogen-bond donors (Lipinski definition) is 2. The van der Waals surface area contributed by atoms with Crippen molar-refractivity contribution in [3.63, 3.8) is 0 Å². The average Bonchev–Trinajstić information content (AvgIpc) is 2.35. The molecule has 0 fully saturated rings. The Morgan fingerprint density at radius 2 is 2.00 bits per heavy atom. The number of hydrogen-bond acceptors (Lipinski definition) is 4. The van der Waals surface area contributed by atoms with Gasteiger partial charge >= 0.3 is 12.1 Å². The molecule has 0 aliphatic heterocycles. The van der Waals surface area contributed by atoms with Gasteiger partial charge in [0.15, 0.2) is 0 Å². The molecule has 0 saturated carbocycles. The van der Waals surface area contributed by atoms with Gasteiger partial charge in [0.25, 0.3) is 0 Å². The molecule has 2 atom stereocenters. The standard InChI is InChI=1S/C12H13F4NO3/c1-2-20-11(19)9(17)10(18)6-3-7(12(14,15)16)5-8(13)4-6/h3-5,9-10,18H,2,17H2,1H3. The van der Waals surface area contributed by atoms with E-state index in [9.17, 15) is 27.5 Å². The van der Waals surface area contributed by atoms with Crippen molar-refractivity contribution in [2.24, 2.45) is 5.73 Å². The van der Waals surface area contributed by atoms with Crippen LogP contribution in [0, 0.1) is 5.82 Å². The second kappa shape index (κ2) is 6.19. The van der Waals surface area contributed by atoms with Crippen LogP contribution in [0.25, 0.3) is 0 Å². The summed E-state index contributed by atoms with van der Waals surface area (Å²) < 4.78 is 55.3. The summed E-state index contributed by atoms with van der Waals surface area (Å²) in [7, 11) is 0. The van der Waals surface area contributed by atoms with Crippen LogP contribution in [0.1, 0.15) is 24.2 Å². The summed E-state index contributed by atoms with van der Waals surface area (Å²) in [4.78, 5) is 11.3. The van der Waals surface area contributed by atoms with Gasteiger partial charge in [-0.3, -0.25) is 4.79 Å². The lowest BCUT2D eigenvalue weighted by Gasteiger charge is -2.19. The van der Waals surface area contributed by atoms with Crippen molar-refractivity contribution in [1.82, 2.24) is 0 Å². The molecule has 0 radical (unpaired) electrons. The maximum atomic E-state index is 13.2. The fourth-order valence-corrected chi connectivity index (χ4v) is 1.52. The lowest BCUT2D eigenvalue weighted by atomic mass is 10.0. The van der Waals surface area contributed by atoms with Gasteiger partial charge < -0.3 is 15.6 Å². The summed E-state index contributed by atoms with van der Waals surface area (Å²) in [5, 5.41) is 9.74. The molecule has 0 aliphatic carbocycles. The number of carbonyl (C=O) groups excluding carboxylic acids is 1. The monoisotopic (exact) mass is 295 g/mol. The maximum absolute atomic E-state index is 13.2. The molecule has 112 valence electrons. The number of rotatable bonds is 4. The summed E-state index contributed by atoms with van der Waals surface area (Å²) in [6, 6.07) is -0.101. The number of halogens is 4. The Bertz CT molecular complexity index is 490. The SMILES string of the molecule is CCOC(=O)C(N)C(O)c1cc(F)cc(C(F)(F)F)c1. The van der Waals surface area contributed by atoms with Crippen LogP contribution in [-0.4, -0.2) is 23.7 Å². The van der Waals surface area contributed by atoms with Crippen LogP contribution in [0.4, 0.5) is 17.6 Å². The van der Waals surface area contributed by atoms with Gasteiger partial charge in [0.05, 0.1) is 12.2 Å². The molecule has 1 aromatic rings. The molecular weight excluding hydrogens is 282 g/mol. The van der Waals surface area contributed by atoms with Crippen molar-refractivity contribution >= 4 is 5.97 Å². The van der Waals surface area contributed by atoms with Crippen LogP contribution in [0.2, 0.25) is 0 Å². The summed E-state index contributed by atoms with van der Waals surface area (Å²) in [6.07, 6.45) is -6.57. The zero-order chi connectivity index (χ0) is 15.5.